The van der Waals surface area contributed by atoms with Crippen molar-refractivity contribution in [1.82, 2.24) is 0 Å². The van der Waals surface area contributed by atoms with Crippen molar-refractivity contribution in [3.63, 3.8) is 0 Å². The summed E-state index contributed by atoms with van der Waals surface area (Å²) in [4.78, 5) is 0. The molecule has 5 aromatic carbocycles. The van der Waals surface area contributed by atoms with E-state index in [2.05, 4.69) is 172 Å². The molecule has 0 N–H and O–H groups in total. The van der Waals surface area contributed by atoms with E-state index in [4.69, 9.17) is 0 Å². The predicted molar refractivity (Wildman–Crippen MR) is 251 cm³/mol. The molecule has 4 fully saturated rings. The Morgan fingerprint density at radius 1 is 0.639 bits per heavy atom. The summed E-state index contributed by atoms with van der Waals surface area (Å²) >= 11 is 1.46. The first-order valence-electron chi connectivity index (χ1n) is 22.6. The van der Waals surface area contributed by atoms with Gasteiger partial charge in [-0.1, -0.05) is 89.3 Å². The molecule has 5 aromatic rings. The second-order valence-corrected chi connectivity index (χ2v) is 22.4. The Hall–Kier alpha value is -2.96. The number of hydrogen-bond donors (Lipinski definition) is 0. The summed E-state index contributed by atoms with van der Waals surface area (Å²) in [7, 11) is 0. The molecule has 12 rings (SSSR count). The monoisotopic (exact) mass is 920 g/mol. The van der Waals surface area contributed by atoms with Crippen LogP contribution in [0.1, 0.15) is 145 Å². The molecule has 1 atom stereocenters. The largest absolute Gasteiger partial charge is 1.00 e. The van der Waals surface area contributed by atoms with Crippen LogP contribution in [0.4, 0.5) is 0 Å². The van der Waals surface area contributed by atoms with Gasteiger partial charge in [0.05, 0.1) is 0 Å². The molecule has 0 aliphatic heterocycles. The van der Waals surface area contributed by atoms with E-state index in [0.29, 0.717) is 11.3 Å². The number of halogens is 2. The smallest absolute Gasteiger partial charge is 1.00 e. The zero-order chi connectivity index (χ0) is 41.6. The fraction of sp³-hybridized carbons (Fsp3) is 0.414. The van der Waals surface area contributed by atoms with Crippen molar-refractivity contribution in [2.45, 2.75) is 125 Å². The van der Waals surface area contributed by atoms with Crippen molar-refractivity contribution < 1.29 is 49.0 Å². The second-order valence-electron chi connectivity index (χ2n) is 21.2. The van der Waals surface area contributed by atoms with Gasteiger partial charge >= 0.3 is 112 Å². The van der Waals surface area contributed by atoms with Crippen LogP contribution in [-0.4, -0.2) is 3.21 Å². The normalized spacial score (nSPS) is 25.4. The quantitative estimate of drug-likeness (QED) is 0.158. The van der Waals surface area contributed by atoms with E-state index in [-0.39, 0.29) is 35.6 Å². The average molecular weight is 923 g/mol. The van der Waals surface area contributed by atoms with Gasteiger partial charge in [-0.2, -0.15) is 11.6 Å². The van der Waals surface area contributed by atoms with Crippen molar-refractivity contribution in [1.29, 1.82) is 0 Å². The van der Waals surface area contributed by atoms with Gasteiger partial charge in [-0.15, -0.1) is 39.7 Å². The third-order valence-corrected chi connectivity index (χ3v) is 16.6. The van der Waals surface area contributed by atoms with Crippen LogP contribution in [0, 0.1) is 49.0 Å². The Bertz CT molecular complexity index is 2440. The molecule has 1 unspecified atom stereocenters. The molecule has 0 saturated heterocycles. The van der Waals surface area contributed by atoms with Crippen LogP contribution in [0.15, 0.2) is 108 Å². The number of hydrogen-bond acceptors (Lipinski definition) is 0. The van der Waals surface area contributed by atoms with Crippen molar-refractivity contribution in [3.8, 4) is 0 Å². The molecule has 7 aliphatic rings. The molecule has 0 nitrogen and oxygen atoms in total. The Kier molecular flexibility index (Phi) is 13.0. The summed E-state index contributed by atoms with van der Waals surface area (Å²) in [6.45, 7) is 22.6. The molecule has 3 heteroatoms. The molecular formula is C58H64Cl2Zr-2. The minimum Gasteiger partial charge on any atom is -1.00 e. The topological polar surface area (TPSA) is 0 Å². The first-order valence-corrected chi connectivity index (χ1v) is 23.8. The molecule has 0 aromatic heterocycles. The van der Waals surface area contributed by atoms with Crippen LogP contribution >= 0.6 is 0 Å². The van der Waals surface area contributed by atoms with Crippen LogP contribution in [-0.2, 0) is 35.1 Å². The Morgan fingerprint density at radius 2 is 1.05 bits per heavy atom. The molecule has 7 aliphatic carbocycles. The third-order valence-electron chi connectivity index (χ3n) is 15.2. The van der Waals surface area contributed by atoms with Gasteiger partial charge in [0.1, 0.15) is 0 Å². The molecule has 0 heterocycles. The number of rotatable bonds is 4. The van der Waals surface area contributed by atoms with E-state index in [1.807, 2.05) is 0 Å². The van der Waals surface area contributed by atoms with E-state index in [1.54, 1.807) is 44.1 Å². The summed E-state index contributed by atoms with van der Waals surface area (Å²) < 4.78 is 1.42. The Balaban J connectivity index is 0.000000140. The number of aryl methyl sites for hydroxylation is 2. The molecule has 4 bridgehead atoms. The maximum atomic E-state index is 3.57. The first kappa shape index (κ1) is 46.0. The molecule has 61 heavy (non-hydrogen) atoms. The molecule has 316 valence electrons. The fourth-order valence-corrected chi connectivity index (χ4v) is 13.6. The average Bonchev–Trinajstić information content (AvgIpc) is 3.83. The maximum Gasteiger partial charge on any atom is -1.00 e. The zero-order valence-electron chi connectivity index (χ0n) is 38.3. The molecule has 0 spiro atoms. The molecule has 0 amide bonds. The standard InChI is InChI=1S/C25H25.C18H25.C15H14.2ClH.Zr/c1-14-12-24(3,4)22-8-16-7-17-9-23-19(15(2)13-25(23,5)6)11-21(17)20(16)10-18(14)22;1-12-3-13(2)17(4-12)11-18-8-14-5-15(9-18)7-16(6-14)10-18;1-12-3-7-14(8-4-12)11-15-9-5-13(2)6-10-15;;;/h7-13H,1-6H3;4,12,14-16H,5-11H2,1-2H3;3-10H,1-2H3;2*1H;/q2*-1;;;;+2/p-2. The van der Waals surface area contributed by atoms with Crippen LogP contribution in [0.2, 0.25) is 0 Å². The van der Waals surface area contributed by atoms with E-state index < -0.39 is 0 Å². The Morgan fingerprint density at radius 3 is 1.43 bits per heavy atom. The minimum absolute atomic E-state index is 0. The van der Waals surface area contributed by atoms with Crippen LogP contribution in [0.25, 0.3) is 32.7 Å². The maximum absolute atomic E-state index is 3.57. The van der Waals surface area contributed by atoms with Gasteiger partial charge < -0.3 is 24.8 Å². The van der Waals surface area contributed by atoms with Gasteiger partial charge in [-0.25, -0.2) is 5.57 Å². The van der Waals surface area contributed by atoms with Crippen LogP contribution in [0.3, 0.4) is 0 Å². The van der Waals surface area contributed by atoms with Crippen LogP contribution in [0.5, 0.6) is 0 Å². The van der Waals surface area contributed by atoms with Gasteiger partial charge in [-0.3, -0.25) is 6.08 Å². The van der Waals surface area contributed by atoms with E-state index in [9.17, 15) is 0 Å². The summed E-state index contributed by atoms with van der Waals surface area (Å²) in [5.41, 5.74) is 18.0. The number of fused-ring (bicyclic) bond motifs is 5. The predicted octanol–water partition coefficient (Wildman–Crippen LogP) is 9.45. The zero-order valence-corrected chi connectivity index (χ0v) is 42.2. The first-order chi connectivity index (χ1) is 28.0. The summed E-state index contributed by atoms with van der Waals surface area (Å²) in [6.07, 6.45) is 21.6. The molecule has 0 radical (unpaired) electrons. The van der Waals surface area contributed by atoms with E-state index >= 15 is 0 Å². The van der Waals surface area contributed by atoms with E-state index in [1.165, 1.54) is 117 Å². The van der Waals surface area contributed by atoms with Crippen molar-refractivity contribution in [2.75, 3.05) is 0 Å². The van der Waals surface area contributed by atoms with Gasteiger partial charge in [0.15, 0.2) is 0 Å². The number of benzene rings is 4. The number of allylic oxidation sites excluding steroid dienone is 8. The molecular weight excluding hydrogens is 859 g/mol. The van der Waals surface area contributed by atoms with E-state index in [0.717, 1.165) is 17.8 Å². The second kappa shape index (κ2) is 17.2. The van der Waals surface area contributed by atoms with Gasteiger partial charge in [0, 0.05) is 10.8 Å². The van der Waals surface area contributed by atoms with Crippen LogP contribution < -0.4 is 24.8 Å². The fourth-order valence-electron chi connectivity index (χ4n) is 12.8. The third kappa shape index (κ3) is 8.94. The minimum atomic E-state index is 0. The summed E-state index contributed by atoms with van der Waals surface area (Å²) in [5, 5.41) is 5.57. The van der Waals surface area contributed by atoms with Gasteiger partial charge in [0.2, 0.25) is 0 Å². The molecule has 4 saturated carbocycles. The Labute approximate surface area is 395 Å². The van der Waals surface area contributed by atoms with Crippen molar-refractivity contribution in [3.05, 3.63) is 159 Å². The van der Waals surface area contributed by atoms with Crippen molar-refractivity contribution >= 4 is 35.9 Å². The summed E-state index contributed by atoms with van der Waals surface area (Å²) in [6, 6.07) is 29.6. The van der Waals surface area contributed by atoms with Crippen molar-refractivity contribution in [2.24, 2.45) is 29.1 Å². The SMILES string of the molecule is CC1=CC(C)(C)c2cc3[cH-]c4cc5c(cc4c3cc21)C(C)=CC5(C)C.CC1=[C-]C(C)C=C1CC12CC3CC(CC(C3)C1)C2.Cc1ccc([C](=[Zr+2])c2ccc(C)cc2)cc1.[Cl-].[Cl-]. The van der Waals surface area contributed by atoms with Gasteiger partial charge in [0.25, 0.3) is 0 Å². The summed E-state index contributed by atoms with van der Waals surface area (Å²) in [5.74, 6) is 3.82. The van der Waals surface area contributed by atoms with Gasteiger partial charge in [-0.05, 0) is 97.8 Å².